The monoisotopic (exact) mass is 419 g/mol. The molecule has 3 heterocycles. The van der Waals surface area contributed by atoms with Crippen molar-refractivity contribution in [2.75, 3.05) is 13.6 Å². The number of aromatic amines is 1. The Morgan fingerprint density at radius 2 is 1.94 bits per heavy atom. The summed E-state index contributed by atoms with van der Waals surface area (Å²) in [6.07, 6.45) is 7.52. The minimum atomic E-state index is -0.251. The molecule has 4 rings (SSSR count). The van der Waals surface area contributed by atoms with Crippen LogP contribution in [0.1, 0.15) is 41.0 Å². The van der Waals surface area contributed by atoms with Crippen LogP contribution in [0.25, 0.3) is 16.9 Å². The zero-order valence-electron chi connectivity index (χ0n) is 17.8. The summed E-state index contributed by atoms with van der Waals surface area (Å²) in [4.78, 5) is 18.8. The van der Waals surface area contributed by atoms with Gasteiger partial charge in [-0.1, -0.05) is 6.42 Å². The number of hydrogen-bond acceptors (Lipinski definition) is 3. The van der Waals surface area contributed by atoms with Crippen LogP contribution < -0.4 is 0 Å². The quantitative estimate of drug-likeness (QED) is 0.423. The summed E-state index contributed by atoms with van der Waals surface area (Å²) in [6, 6.07) is 12.3. The van der Waals surface area contributed by atoms with Gasteiger partial charge in [0.15, 0.2) is 0 Å². The average Bonchev–Trinajstić information content (AvgIpc) is 3.40. The number of pyridine rings is 1. The molecule has 1 N–H and O–H groups in total. The van der Waals surface area contributed by atoms with Crippen LogP contribution in [0.15, 0.2) is 54.9 Å². The van der Waals surface area contributed by atoms with Crippen LogP contribution >= 0.6 is 0 Å². The van der Waals surface area contributed by atoms with E-state index >= 15 is 0 Å². The first-order valence-electron chi connectivity index (χ1n) is 10.5. The molecule has 0 aliphatic carbocycles. The molecule has 0 aliphatic rings. The molecule has 0 aliphatic heterocycles. The maximum absolute atomic E-state index is 13.1. The number of carbonyl (C=O) groups excluding carboxylic acids is 1. The van der Waals surface area contributed by atoms with Gasteiger partial charge in [-0.05, 0) is 74.2 Å². The Morgan fingerprint density at radius 3 is 2.74 bits per heavy atom. The van der Waals surface area contributed by atoms with Gasteiger partial charge in [0.2, 0.25) is 0 Å². The van der Waals surface area contributed by atoms with Crippen molar-refractivity contribution in [2.24, 2.45) is 0 Å². The number of H-pyrrole nitrogens is 1. The number of amides is 1. The topological polar surface area (TPSA) is 66.3 Å². The van der Waals surface area contributed by atoms with Crippen molar-refractivity contribution in [3.8, 4) is 11.3 Å². The largest absolute Gasteiger partial charge is 0.340 e. The van der Waals surface area contributed by atoms with Gasteiger partial charge in [-0.15, -0.1) is 0 Å². The highest BCUT2D eigenvalue weighted by Gasteiger charge is 2.15. The van der Waals surface area contributed by atoms with E-state index in [1.807, 2.05) is 42.8 Å². The molecule has 7 heteroatoms. The average molecular weight is 420 g/mol. The number of unbranched alkanes of at least 4 members (excludes halogenated alkanes) is 2. The lowest BCUT2D eigenvalue weighted by Crippen LogP contribution is -2.28. The molecule has 0 fully saturated rings. The van der Waals surface area contributed by atoms with Crippen molar-refractivity contribution in [3.63, 3.8) is 0 Å². The molecule has 0 bridgehead atoms. The second kappa shape index (κ2) is 9.12. The van der Waals surface area contributed by atoms with Crippen LogP contribution in [-0.2, 0) is 6.42 Å². The molecule has 1 aromatic carbocycles. The molecule has 0 unspecified atom stereocenters. The third-order valence-corrected chi connectivity index (χ3v) is 5.39. The van der Waals surface area contributed by atoms with Crippen LogP contribution in [-0.4, -0.2) is 44.0 Å². The zero-order chi connectivity index (χ0) is 21.8. The van der Waals surface area contributed by atoms with E-state index in [1.54, 1.807) is 23.2 Å². The van der Waals surface area contributed by atoms with Crippen molar-refractivity contribution in [3.05, 3.63) is 77.6 Å². The van der Waals surface area contributed by atoms with Gasteiger partial charge in [0.25, 0.3) is 5.91 Å². The Hall–Kier alpha value is -3.48. The number of hydrogen-bond donors (Lipinski definition) is 1. The second-order valence-corrected chi connectivity index (χ2v) is 7.92. The van der Waals surface area contributed by atoms with Gasteiger partial charge >= 0.3 is 0 Å². The number of aromatic nitrogens is 4. The summed E-state index contributed by atoms with van der Waals surface area (Å²) >= 11 is 0. The van der Waals surface area contributed by atoms with Crippen molar-refractivity contribution in [1.82, 2.24) is 24.5 Å². The summed E-state index contributed by atoms with van der Waals surface area (Å²) in [6.45, 7) is 2.70. The first-order valence-corrected chi connectivity index (χ1v) is 10.5. The normalized spacial score (nSPS) is 11.2. The summed E-state index contributed by atoms with van der Waals surface area (Å²) in [5, 5.41) is 7.37. The minimum absolute atomic E-state index is 0.0566. The maximum Gasteiger partial charge on any atom is 0.273 e. The SMILES string of the molecule is Cc1ccn2cc(C(=O)N(C)CCCCCc3cc(-c4ccc(F)cc4)n[nH]3)nc2c1. The Balaban J connectivity index is 1.22. The fourth-order valence-electron chi connectivity index (χ4n) is 3.58. The molecule has 0 saturated heterocycles. The van der Waals surface area contributed by atoms with Gasteiger partial charge in [-0.25, -0.2) is 9.37 Å². The highest BCUT2D eigenvalue weighted by molar-refractivity contribution is 5.92. The predicted molar refractivity (Wildman–Crippen MR) is 118 cm³/mol. The molecule has 4 aromatic rings. The van der Waals surface area contributed by atoms with Crippen LogP contribution in [0, 0.1) is 12.7 Å². The highest BCUT2D eigenvalue weighted by Crippen LogP contribution is 2.19. The van der Waals surface area contributed by atoms with Gasteiger partial charge in [0.1, 0.15) is 17.2 Å². The van der Waals surface area contributed by atoms with E-state index in [1.165, 1.54) is 12.1 Å². The van der Waals surface area contributed by atoms with E-state index in [-0.39, 0.29) is 11.7 Å². The molecule has 3 aromatic heterocycles. The van der Waals surface area contributed by atoms with Crippen LogP contribution in [0.2, 0.25) is 0 Å². The highest BCUT2D eigenvalue weighted by atomic mass is 19.1. The number of carbonyl (C=O) groups is 1. The molecule has 0 spiro atoms. The molecular formula is C24H26FN5O. The zero-order valence-corrected chi connectivity index (χ0v) is 17.8. The molecule has 0 radical (unpaired) electrons. The Morgan fingerprint density at radius 1 is 1.13 bits per heavy atom. The second-order valence-electron chi connectivity index (χ2n) is 7.92. The van der Waals surface area contributed by atoms with Gasteiger partial charge in [0, 0.05) is 37.2 Å². The Kier molecular flexibility index (Phi) is 6.11. The molecule has 0 saturated carbocycles. The lowest BCUT2D eigenvalue weighted by Gasteiger charge is -2.15. The first-order chi connectivity index (χ1) is 15.0. The standard InChI is InChI=1S/C24H26FN5O/c1-17-11-13-30-16-22(26-23(30)14-17)24(31)29(2)12-5-3-4-6-20-15-21(28-27-20)18-7-9-19(25)10-8-18/h7-11,13-16H,3-6,12H2,1-2H3,(H,27,28). The van der Waals surface area contributed by atoms with Crippen molar-refractivity contribution < 1.29 is 9.18 Å². The van der Waals surface area contributed by atoms with Crippen molar-refractivity contribution in [1.29, 1.82) is 0 Å². The number of halogens is 1. The van der Waals surface area contributed by atoms with Crippen LogP contribution in [0.5, 0.6) is 0 Å². The number of fused-ring (bicyclic) bond motifs is 1. The van der Waals surface area contributed by atoms with Gasteiger partial charge < -0.3 is 9.30 Å². The molecule has 1 amide bonds. The molecule has 31 heavy (non-hydrogen) atoms. The number of nitrogens with one attached hydrogen (secondary N) is 1. The van der Waals surface area contributed by atoms with Gasteiger partial charge in [-0.3, -0.25) is 9.89 Å². The maximum atomic E-state index is 13.1. The Bertz CT molecular complexity index is 1180. The smallest absolute Gasteiger partial charge is 0.273 e. The fourth-order valence-corrected chi connectivity index (χ4v) is 3.58. The van der Waals surface area contributed by atoms with Crippen molar-refractivity contribution in [2.45, 2.75) is 32.6 Å². The summed E-state index contributed by atoms with van der Waals surface area (Å²) in [5.41, 5.74) is 5.15. The molecule has 6 nitrogen and oxygen atoms in total. The van der Waals surface area contributed by atoms with E-state index in [4.69, 9.17) is 0 Å². The third kappa shape index (κ3) is 4.99. The van der Waals surface area contributed by atoms with Gasteiger partial charge in [-0.2, -0.15) is 5.10 Å². The fraction of sp³-hybridized carbons (Fsp3) is 0.292. The third-order valence-electron chi connectivity index (χ3n) is 5.39. The summed E-state index contributed by atoms with van der Waals surface area (Å²) in [7, 11) is 1.82. The lowest BCUT2D eigenvalue weighted by atomic mass is 10.1. The lowest BCUT2D eigenvalue weighted by molar-refractivity contribution is 0.0787. The molecule has 160 valence electrons. The summed E-state index contributed by atoms with van der Waals surface area (Å²) < 4.78 is 14.9. The summed E-state index contributed by atoms with van der Waals surface area (Å²) in [5.74, 6) is -0.307. The minimum Gasteiger partial charge on any atom is -0.340 e. The molecule has 0 atom stereocenters. The van der Waals surface area contributed by atoms with E-state index < -0.39 is 0 Å². The van der Waals surface area contributed by atoms with Gasteiger partial charge in [0.05, 0.1) is 5.69 Å². The molecular weight excluding hydrogens is 393 g/mol. The van der Waals surface area contributed by atoms with E-state index in [0.717, 1.165) is 53.8 Å². The number of nitrogens with zero attached hydrogens (tertiary/aromatic N) is 4. The number of rotatable bonds is 8. The van der Waals surface area contributed by atoms with E-state index in [2.05, 4.69) is 15.2 Å². The number of aryl methyl sites for hydroxylation is 2. The predicted octanol–water partition coefficient (Wildman–Crippen LogP) is 4.66. The van der Waals surface area contributed by atoms with Crippen LogP contribution in [0.3, 0.4) is 0 Å². The van der Waals surface area contributed by atoms with Crippen LogP contribution in [0.4, 0.5) is 4.39 Å². The Labute approximate surface area is 180 Å². The number of benzene rings is 1. The van der Waals surface area contributed by atoms with E-state index in [0.29, 0.717) is 12.2 Å². The van der Waals surface area contributed by atoms with Crippen molar-refractivity contribution >= 4 is 11.6 Å². The first kappa shape index (κ1) is 20.8. The van der Waals surface area contributed by atoms with E-state index in [9.17, 15) is 9.18 Å². The number of imidazole rings is 1.